The van der Waals surface area contributed by atoms with Gasteiger partial charge in [0.1, 0.15) is 48.8 Å². The topological polar surface area (TPSA) is 228 Å². The summed E-state index contributed by atoms with van der Waals surface area (Å²) in [5.41, 5.74) is 0. The standard InChI is InChI=1S/C60H107NO13/c1-3-5-7-9-11-13-15-17-19-21-23-24-26-28-30-32-34-36-38-40-42-44-52(65)61-48(49(64)43-41-39-37-35-33-31-29-27-25-22-20-18-16-14-12-10-8-6-4-2)47-71-59-57(70)55(68)58(51(46-63)73-59)74-60-56(69)54(67)53(66)50(45-62)72-60/h15,17,21,23,26,28,33,35,41,43,48-51,53-60,62-64,66-70H,3-14,16,18-20,22,24-25,27,29-32,34,36-40,42,44-47H2,1-2H3,(H,61,65)/b17-15-,23-21-,28-26-,35-33+,43-41+. The second-order valence-electron chi connectivity index (χ2n) is 20.8. The summed E-state index contributed by atoms with van der Waals surface area (Å²) in [5, 5.41) is 87.0. The Hall–Kier alpha value is -2.31. The number of amides is 1. The van der Waals surface area contributed by atoms with Crippen LogP contribution in [0.1, 0.15) is 219 Å². The van der Waals surface area contributed by atoms with Crippen LogP contribution < -0.4 is 5.32 Å². The van der Waals surface area contributed by atoms with Crippen LogP contribution in [0.25, 0.3) is 0 Å². The molecule has 12 atom stereocenters. The highest BCUT2D eigenvalue weighted by Gasteiger charge is 2.51. The molecule has 2 fully saturated rings. The number of carbonyl (C=O) groups is 1. The van der Waals surface area contributed by atoms with Gasteiger partial charge in [-0.3, -0.25) is 4.79 Å². The van der Waals surface area contributed by atoms with Crippen LogP contribution in [0.4, 0.5) is 0 Å². The van der Waals surface area contributed by atoms with Crippen LogP contribution in [0.2, 0.25) is 0 Å². The molecule has 2 saturated heterocycles. The highest BCUT2D eigenvalue weighted by molar-refractivity contribution is 5.76. The lowest BCUT2D eigenvalue weighted by molar-refractivity contribution is -0.359. The molecule has 74 heavy (non-hydrogen) atoms. The molecule has 0 saturated carbocycles. The monoisotopic (exact) mass is 1050 g/mol. The van der Waals surface area contributed by atoms with Gasteiger partial charge in [-0.05, 0) is 70.6 Å². The number of carbonyl (C=O) groups excluding carboxylic acids is 1. The molecule has 0 radical (unpaired) electrons. The van der Waals surface area contributed by atoms with Gasteiger partial charge in [0.25, 0.3) is 0 Å². The largest absolute Gasteiger partial charge is 0.394 e. The Morgan fingerprint density at radius 2 is 0.905 bits per heavy atom. The molecule has 0 bridgehead atoms. The third-order valence-electron chi connectivity index (χ3n) is 14.2. The second kappa shape index (κ2) is 45.7. The number of hydrogen-bond donors (Lipinski definition) is 9. The summed E-state index contributed by atoms with van der Waals surface area (Å²) < 4.78 is 22.7. The van der Waals surface area contributed by atoms with E-state index >= 15 is 0 Å². The molecule has 2 aliphatic rings. The Balaban J connectivity index is 1.81. The first-order valence-corrected chi connectivity index (χ1v) is 29.5. The summed E-state index contributed by atoms with van der Waals surface area (Å²) in [4.78, 5) is 13.2. The molecule has 1 amide bonds. The molecule has 14 nitrogen and oxygen atoms in total. The van der Waals surface area contributed by atoms with E-state index in [1.807, 2.05) is 6.08 Å². The molecule has 2 aliphatic heterocycles. The first-order chi connectivity index (χ1) is 36.1. The molecule has 430 valence electrons. The van der Waals surface area contributed by atoms with Gasteiger partial charge in [0.2, 0.25) is 5.91 Å². The van der Waals surface area contributed by atoms with Crippen molar-refractivity contribution in [3.8, 4) is 0 Å². The van der Waals surface area contributed by atoms with Gasteiger partial charge in [0, 0.05) is 6.42 Å². The van der Waals surface area contributed by atoms with Gasteiger partial charge in [-0.2, -0.15) is 0 Å². The van der Waals surface area contributed by atoms with Crippen LogP contribution in [-0.4, -0.2) is 140 Å². The van der Waals surface area contributed by atoms with E-state index in [0.29, 0.717) is 12.8 Å². The van der Waals surface area contributed by atoms with Crippen LogP contribution >= 0.6 is 0 Å². The number of ether oxygens (including phenoxy) is 4. The predicted octanol–water partition coefficient (Wildman–Crippen LogP) is 9.78. The highest BCUT2D eigenvalue weighted by atomic mass is 16.7. The third kappa shape index (κ3) is 31.2. The van der Waals surface area contributed by atoms with E-state index in [1.54, 1.807) is 6.08 Å². The summed E-state index contributed by atoms with van der Waals surface area (Å²) in [6.07, 6.45) is 41.1. The number of aliphatic hydroxyl groups is 8. The lowest BCUT2D eigenvalue weighted by Gasteiger charge is -2.46. The van der Waals surface area contributed by atoms with Crippen LogP contribution in [0.3, 0.4) is 0 Å². The summed E-state index contributed by atoms with van der Waals surface area (Å²) in [6, 6.07) is -0.941. The molecule has 0 aliphatic carbocycles. The number of nitrogens with one attached hydrogen (secondary N) is 1. The molecular formula is C60H107NO13. The Morgan fingerprint density at radius 1 is 0.486 bits per heavy atom. The number of hydrogen-bond acceptors (Lipinski definition) is 13. The van der Waals surface area contributed by atoms with E-state index < -0.39 is 86.8 Å². The first-order valence-electron chi connectivity index (χ1n) is 29.5. The zero-order chi connectivity index (χ0) is 53.9. The molecule has 12 unspecified atom stereocenters. The van der Waals surface area contributed by atoms with Crippen LogP contribution in [0.5, 0.6) is 0 Å². The van der Waals surface area contributed by atoms with Crippen molar-refractivity contribution in [3.05, 3.63) is 60.8 Å². The van der Waals surface area contributed by atoms with Crippen molar-refractivity contribution >= 4 is 5.91 Å². The van der Waals surface area contributed by atoms with E-state index in [1.165, 1.54) is 122 Å². The van der Waals surface area contributed by atoms with E-state index in [9.17, 15) is 45.6 Å². The molecule has 0 spiro atoms. The number of aliphatic hydroxyl groups excluding tert-OH is 8. The average molecular weight is 1050 g/mol. The maximum absolute atomic E-state index is 13.2. The third-order valence-corrected chi connectivity index (χ3v) is 14.2. The smallest absolute Gasteiger partial charge is 0.220 e. The van der Waals surface area contributed by atoms with Gasteiger partial charge in [-0.1, -0.05) is 203 Å². The zero-order valence-corrected chi connectivity index (χ0v) is 46.1. The SMILES string of the molecule is CCCCCCC/C=C\C/C=C\C/C=C\CCCCCCCCC(=O)NC(COC1OC(CO)C(OC2OC(CO)C(O)C(O)C2O)C(O)C1O)C(O)/C=C/CC/C=C/CCCCCCCCCCCCCCC. The lowest BCUT2D eigenvalue weighted by atomic mass is 9.97. The number of rotatable bonds is 46. The van der Waals surface area contributed by atoms with Crippen LogP contribution in [0, 0.1) is 0 Å². The maximum atomic E-state index is 13.2. The van der Waals surface area contributed by atoms with Gasteiger partial charge in [0.05, 0.1) is 32.0 Å². The minimum Gasteiger partial charge on any atom is -0.394 e. The van der Waals surface area contributed by atoms with Crippen molar-refractivity contribution in [2.75, 3.05) is 19.8 Å². The van der Waals surface area contributed by atoms with Gasteiger partial charge in [0.15, 0.2) is 12.6 Å². The first kappa shape index (κ1) is 67.8. The number of unbranched alkanes of at least 4 members (excludes halogenated alkanes) is 25. The lowest BCUT2D eigenvalue weighted by Crippen LogP contribution is -2.65. The second-order valence-corrected chi connectivity index (χ2v) is 20.8. The average Bonchev–Trinajstić information content (AvgIpc) is 3.40. The number of allylic oxidation sites excluding steroid dienone is 9. The van der Waals surface area contributed by atoms with E-state index in [4.69, 9.17) is 18.9 Å². The minimum atomic E-state index is -1.79. The van der Waals surface area contributed by atoms with E-state index in [2.05, 4.69) is 67.8 Å². The van der Waals surface area contributed by atoms with E-state index in [-0.39, 0.29) is 18.9 Å². The Kier molecular flexibility index (Phi) is 41.9. The molecule has 0 aromatic rings. The minimum absolute atomic E-state index is 0.257. The van der Waals surface area contributed by atoms with Crippen LogP contribution in [0.15, 0.2) is 60.8 Å². The Labute approximate surface area is 447 Å². The fourth-order valence-corrected chi connectivity index (χ4v) is 9.37. The van der Waals surface area contributed by atoms with Crippen molar-refractivity contribution in [3.63, 3.8) is 0 Å². The van der Waals surface area contributed by atoms with Crippen molar-refractivity contribution < 1.29 is 64.6 Å². The predicted molar refractivity (Wildman–Crippen MR) is 295 cm³/mol. The molecule has 9 N–H and O–H groups in total. The summed E-state index contributed by atoms with van der Waals surface area (Å²) >= 11 is 0. The summed E-state index contributed by atoms with van der Waals surface area (Å²) in [5.74, 6) is -0.262. The fourth-order valence-electron chi connectivity index (χ4n) is 9.37. The Bertz CT molecular complexity index is 1470. The molecule has 2 rings (SSSR count). The van der Waals surface area contributed by atoms with Crippen molar-refractivity contribution in [2.45, 2.75) is 293 Å². The fraction of sp³-hybridized carbons (Fsp3) is 0.817. The Morgan fingerprint density at radius 3 is 1.42 bits per heavy atom. The molecule has 0 aromatic carbocycles. The molecule has 14 heteroatoms. The molecular weight excluding hydrogens is 943 g/mol. The summed E-state index contributed by atoms with van der Waals surface area (Å²) in [7, 11) is 0. The van der Waals surface area contributed by atoms with Crippen molar-refractivity contribution in [2.24, 2.45) is 0 Å². The molecule has 0 aromatic heterocycles. The normalized spacial score (nSPS) is 25.6. The van der Waals surface area contributed by atoms with E-state index in [0.717, 1.165) is 64.2 Å². The van der Waals surface area contributed by atoms with Gasteiger partial charge in [-0.15, -0.1) is 0 Å². The van der Waals surface area contributed by atoms with Crippen molar-refractivity contribution in [1.82, 2.24) is 5.32 Å². The van der Waals surface area contributed by atoms with Gasteiger partial charge in [-0.25, -0.2) is 0 Å². The van der Waals surface area contributed by atoms with Gasteiger partial charge >= 0.3 is 0 Å². The quantitative estimate of drug-likeness (QED) is 0.0205. The highest BCUT2D eigenvalue weighted by Crippen LogP contribution is 2.30. The summed E-state index contributed by atoms with van der Waals surface area (Å²) in [6.45, 7) is 2.76. The molecule has 2 heterocycles. The van der Waals surface area contributed by atoms with Crippen LogP contribution in [-0.2, 0) is 23.7 Å². The van der Waals surface area contributed by atoms with Gasteiger partial charge < -0.3 is 65.1 Å². The van der Waals surface area contributed by atoms with Crippen molar-refractivity contribution in [1.29, 1.82) is 0 Å². The zero-order valence-electron chi connectivity index (χ0n) is 46.1. The maximum Gasteiger partial charge on any atom is 0.220 e.